The smallest absolute Gasteiger partial charge is 0.240 e. The minimum Gasteiger partial charge on any atom is -0.341 e. The molecule has 2 aliphatic rings. The van der Waals surface area contributed by atoms with Crippen molar-refractivity contribution in [3.8, 4) is 0 Å². The lowest BCUT2D eigenvalue weighted by Crippen LogP contribution is -2.48. The summed E-state index contributed by atoms with van der Waals surface area (Å²) >= 11 is 0. The van der Waals surface area contributed by atoms with E-state index in [9.17, 15) is 4.79 Å². The highest BCUT2D eigenvalue weighted by atomic mass is 35.5. The van der Waals surface area contributed by atoms with Gasteiger partial charge in [-0.25, -0.2) is 0 Å². The third-order valence-electron chi connectivity index (χ3n) is 4.86. The Morgan fingerprint density at radius 1 is 1.29 bits per heavy atom. The quantitative estimate of drug-likeness (QED) is 0.911. The van der Waals surface area contributed by atoms with Crippen LogP contribution in [0.1, 0.15) is 31.4 Å². The second-order valence-electron chi connectivity index (χ2n) is 6.48. The van der Waals surface area contributed by atoms with Gasteiger partial charge in [-0.2, -0.15) is 0 Å². The number of hydrogen-bond acceptors (Lipinski definition) is 2. The number of carbonyl (C=O) groups excluding carboxylic acids is 1. The first-order valence-corrected chi connectivity index (χ1v) is 7.74. The molecule has 3 rings (SSSR count). The SMILES string of the molecule is CC(C)C1CCN(C(=O)C2Cc3ccccc3CN2)C1.Cl. The summed E-state index contributed by atoms with van der Waals surface area (Å²) in [4.78, 5) is 14.7. The maximum Gasteiger partial charge on any atom is 0.240 e. The molecule has 0 spiro atoms. The molecule has 3 nitrogen and oxygen atoms in total. The van der Waals surface area contributed by atoms with Crippen molar-refractivity contribution in [1.82, 2.24) is 10.2 Å². The van der Waals surface area contributed by atoms with Crippen LogP contribution in [0.15, 0.2) is 24.3 Å². The minimum atomic E-state index is -0.0317. The summed E-state index contributed by atoms with van der Waals surface area (Å²) in [7, 11) is 0. The molecule has 2 heterocycles. The molecule has 0 radical (unpaired) electrons. The van der Waals surface area contributed by atoms with Crippen LogP contribution in [-0.2, 0) is 17.8 Å². The molecule has 1 aromatic carbocycles. The number of amides is 1. The molecule has 0 bridgehead atoms. The standard InChI is InChI=1S/C17H24N2O.ClH/c1-12(2)15-7-8-19(11-15)17(20)16-9-13-5-3-4-6-14(13)10-18-16;/h3-6,12,15-16,18H,7-11H2,1-2H3;1H. The zero-order chi connectivity index (χ0) is 14.1. The number of hydrogen-bond donors (Lipinski definition) is 1. The Bertz CT molecular complexity index is 503. The van der Waals surface area contributed by atoms with Crippen LogP contribution in [0.3, 0.4) is 0 Å². The second kappa shape index (κ2) is 6.80. The van der Waals surface area contributed by atoms with Gasteiger partial charge in [0, 0.05) is 19.6 Å². The second-order valence-corrected chi connectivity index (χ2v) is 6.48. The molecular formula is C17H25ClN2O. The number of halogens is 1. The molecule has 1 aromatic rings. The van der Waals surface area contributed by atoms with Gasteiger partial charge in [0.2, 0.25) is 5.91 Å². The zero-order valence-corrected chi connectivity index (χ0v) is 13.7. The fourth-order valence-corrected chi connectivity index (χ4v) is 3.38. The van der Waals surface area contributed by atoms with Gasteiger partial charge in [0.25, 0.3) is 0 Å². The topological polar surface area (TPSA) is 32.3 Å². The van der Waals surface area contributed by atoms with E-state index in [0.29, 0.717) is 17.7 Å². The van der Waals surface area contributed by atoms with E-state index in [2.05, 4.69) is 48.3 Å². The van der Waals surface area contributed by atoms with Crippen molar-refractivity contribution in [2.24, 2.45) is 11.8 Å². The Morgan fingerprint density at radius 2 is 2.00 bits per heavy atom. The average molecular weight is 309 g/mol. The van der Waals surface area contributed by atoms with Crippen LogP contribution in [-0.4, -0.2) is 29.9 Å². The summed E-state index contributed by atoms with van der Waals surface area (Å²) in [6, 6.07) is 8.40. The zero-order valence-electron chi connectivity index (χ0n) is 12.8. The van der Waals surface area contributed by atoms with Crippen LogP contribution in [0.4, 0.5) is 0 Å². The molecule has 1 amide bonds. The van der Waals surface area contributed by atoms with Gasteiger partial charge in [-0.3, -0.25) is 4.79 Å². The lowest BCUT2D eigenvalue weighted by atomic mass is 9.94. The predicted octanol–water partition coefficient (Wildman–Crippen LogP) is 2.63. The van der Waals surface area contributed by atoms with Crippen LogP contribution < -0.4 is 5.32 Å². The largest absolute Gasteiger partial charge is 0.341 e. The van der Waals surface area contributed by atoms with Gasteiger partial charge in [0.15, 0.2) is 0 Å². The summed E-state index contributed by atoms with van der Waals surface area (Å²) in [5.41, 5.74) is 2.65. The lowest BCUT2D eigenvalue weighted by molar-refractivity contribution is -0.132. The molecule has 116 valence electrons. The molecule has 2 atom stereocenters. The number of nitrogens with one attached hydrogen (secondary N) is 1. The van der Waals surface area contributed by atoms with Gasteiger partial charge >= 0.3 is 0 Å². The molecule has 4 heteroatoms. The highest BCUT2D eigenvalue weighted by Gasteiger charge is 2.33. The van der Waals surface area contributed by atoms with E-state index in [1.54, 1.807) is 0 Å². The van der Waals surface area contributed by atoms with E-state index in [-0.39, 0.29) is 18.4 Å². The van der Waals surface area contributed by atoms with E-state index in [1.165, 1.54) is 11.1 Å². The number of carbonyl (C=O) groups is 1. The van der Waals surface area contributed by atoms with Gasteiger partial charge in [0.05, 0.1) is 6.04 Å². The van der Waals surface area contributed by atoms with E-state index < -0.39 is 0 Å². The molecule has 2 aliphatic heterocycles. The summed E-state index contributed by atoms with van der Waals surface area (Å²) in [5.74, 6) is 1.64. The fourth-order valence-electron chi connectivity index (χ4n) is 3.38. The number of rotatable bonds is 2. The third-order valence-corrected chi connectivity index (χ3v) is 4.86. The van der Waals surface area contributed by atoms with Crippen LogP contribution in [0, 0.1) is 11.8 Å². The first-order chi connectivity index (χ1) is 9.65. The van der Waals surface area contributed by atoms with Crippen molar-refractivity contribution in [3.05, 3.63) is 35.4 Å². The predicted molar refractivity (Wildman–Crippen MR) is 87.5 cm³/mol. The Labute approximate surface area is 133 Å². The monoisotopic (exact) mass is 308 g/mol. The average Bonchev–Trinajstić information content (AvgIpc) is 2.96. The first-order valence-electron chi connectivity index (χ1n) is 7.74. The van der Waals surface area contributed by atoms with E-state index in [4.69, 9.17) is 0 Å². The molecule has 0 saturated carbocycles. The molecule has 2 unspecified atom stereocenters. The van der Waals surface area contributed by atoms with Crippen LogP contribution in [0.5, 0.6) is 0 Å². The van der Waals surface area contributed by atoms with Gasteiger partial charge < -0.3 is 10.2 Å². The van der Waals surface area contributed by atoms with E-state index >= 15 is 0 Å². The van der Waals surface area contributed by atoms with Gasteiger partial charge in [-0.05, 0) is 35.8 Å². The number of likely N-dealkylation sites (tertiary alicyclic amines) is 1. The number of benzene rings is 1. The first kappa shape index (κ1) is 16.3. The van der Waals surface area contributed by atoms with Gasteiger partial charge in [-0.1, -0.05) is 38.1 Å². The Kier molecular flexibility index (Phi) is 5.28. The molecule has 0 aromatic heterocycles. The maximum atomic E-state index is 12.6. The van der Waals surface area contributed by atoms with Gasteiger partial charge in [-0.15, -0.1) is 12.4 Å². The molecule has 1 fully saturated rings. The Hall–Kier alpha value is -1.06. The Balaban J connectivity index is 0.00000161. The summed E-state index contributed by atoms with van der Waals surface area (Å²) in [6.07, 6.45) is 1.99. The molecule has 21 heavy (non-hydrogen) atoms. The van der Waals surface area contributed by atoms with Crippen molar-refractivity contribution in [2.45, 2.75) is 39.3 Å². The van der Waals surface area contributed by atoms with Crippen molar-refractivity contribution in [2.75, 3.05) is 13.1 Å². The van der Waals surface area contributed by atoms with E-state index in [1.807, 2.05) is 0 Å². The minimum absolute atomic E-state index is 0. The Morgan fingerprint density at radius 3 is 2.67 bits per heavy atom. The van der Waals surface area contributed by atoms with Crippen molar-refractivity contribution in [3.63, 3.8) is 0 Å². The molecule has 1 N–H and O–H groups in total. The van der Waals surface area contributed by atoms with Crippen molar-refractivity contribution < 1.29 is 4.79 Å². The third kappa shape index (κ3) is 3.41. The van der Waals surface area contributed by atoms with E-state index in [0.717, 1.165) is 32.5 Å². The summed E-state index contributed by atoms with van der Waals surface area (Å²) in [6.45, 7) is 7.20. The van der Waals surface area contributed by atoms with Crippen LogP contribution >= 0.6 is 12.4 Å². The maximum absolute atomic E-state index is 12.6. The lowest BCUT2D eigenvalue weighted by Gasteiger charge is -2.29. The number of nitrogens with zero attached hydrogens (tertiary/aromatic N) is 1. The molecule has 1 saturated heterocycles. The highest BCUT2D eigenvalue weighted by molar-refractivity contribution is 5.85. The number of fused-ring (bicyclic) bond motifs is 1. The summed E-state index contributed by atoms with van der Waals surface area (Å²) in [5, 5.41) is 3.40. The fraction of sp³-hybridized carbons (Fsp3) is 0.588. The van der Waals surface area contributed by atoms with Crippen LogP contribution in [0.25, 0.3) is 0 Å². The van der Waals surface area contributed by atoms with Crippen molar-refractivity contribution >= 4 is 18.3 Å². The normalized spacial score (nSPS) is 24.6. The van der Waals surface area contributed by atoms with Gasteiger partial charge in [0.1, 0.15) is 0 Å². The summed E-state index contributed by atoms with van der Waals surface area (Å²) < 4.78 is 0. The highest BCUT2D eigenvalue weighted by Crippen LogP contribution is 2.25. The molecular weight excluding hydrogens is 284 g/mol. The van der Waals surface area contributed by atoms with Crippen molar-refractivity contribution in [1.29, 1.82) is 0 Å². The van der Waals surface area contributed by atoms with Crippen LogP contribution in [0.2, 0.25) is 0 Å². The molecule has 0 aliphatic carbocycles.